The van der Waals surface area contributed by atoms with E-state index in [0.29, 0.717) is 44.0 Å². The number of rotatable bonds is 5. The van der Waals surface area contributed by atoms with E-state index in [-0.39, 0.29) is 40.6 Å². The molecule has 0 atom stereocenters. The second-order valence-corrected chi connectivity index (χ2v) is 10.8. The van der Waals surface area contributed by atoms with E-state index >= 15 is 0 Å². The van der Waals surface area contributed by atoms with E-state index in [1.165, 1.54) is 30.2 Å². The Morgan fingerprint density at radius 1 is 1.09 bits per heavy atom. The Morgan fingerprint density at radius 3 is 2.56 bits per heavy atom. The van der Waals surface area contributed by atoms with Gasteiger partial charge < -0.3 is 19.5 Å². The summed E-state index contributed by atoms with van der Waals surface area (Å²) in [6.07, 6.45) is 1.66. The molecule has 1 aromatic carbocycles. The first-order valence-corrected chi connectivity index (χ1v) is 12.9. The van der Waals surface area contributed by atoms with Gasteiger partial charge in [-0.05, 0) is 30.3 Å². The van der Waals surface area contributed by atoms with Crippen LogP contribution in [0.5, 0.6) is 0 Å². The summed E-state index contributed by atoms with van der Waals surface area (Å²) in [5.41, 5.74) is 0.488. The molecule has 3 heterocycles. The van der Waals surface area contributed by atoms with Gasteiger partial charge in [0.05, 0.1) is 22.6 Å². The van der Waals surface area contributed by atoms with Crippen molar-refractivity contribution in [1.29, 1.82) is 0 Å². The van der Waals surface area contributed by atoms with Crippen molar-refractivity contribution in [3.8, 4) is 0 Å². The van der Waals surface area contributed by atoms with Crippen molar-refractivity contribution in [3.05, 3.63) is 42.4 Å². The second kappa shape index (κ2) is 9.37. The fourth-order valence-corrected chi connectivity index (χ4v) is 5.79. The zero-order valence-electron chi connectivity index (χ0n) is 17.3. The van der Waals surface area contributed by atoms with E-state index in [0.717, 1.165) is 4.90 Å². The maximum absolute atomic E-state index is 12.8. The van der Waals surface area contributed by atoms with Crippen LogP contribution in [0, 0.1) is 0 Å². The monoisotopic (exact) mass is 477 g/mol. The number of hydrogen-bond acceptors (Lipinski definition) is 7. The van der Waals surface area contributed by atoms with E-state index in [4.69, 9.17) is 4.42 Å². The van der Waals surface area contributed by atoms with Gasteiger partial charge in [0.2, 0.25) is 11.8 Å². The highest BCUT2D eigenvalue weighted by molar-refractivity contribution is 7.99. The summed E-state index contributed by atoms with van der Waals surface area (Å²) >= 11 is 1.50. The number of furan rings is 1. The average Bonchev–Trinajstić information content (AvgIpc) is 3.26. The molecule has 0 saturated carbocycles. The number of nitrogens with one attached hydrogen (secondary N) is 1. The van der Waals surface area contributed by atoms with E-state index in [9.17, 15) is 22.8 Å². The Balaban J connectivity index is 1.33. The predicted octanol–water partition coefficient (Wildman–Crippen LogP) is 1.86. The molecule has 32 heavy (non-hydrogen) atoms. The molecule has 0 bridgehead atoms. The van der Waals surface area contributed by atoms with Crippen molar-refractivity contribution in [3.63, 3.8) is 0 Å². The van der Waals surface area contributed by atoms with Gasteiger partial charge >= 0.3 is 0 Å². The molecule has 9 nitrogen and oxygen atoms in total. The lowest BCUT2D eigenvalue weighted by atomic mass is 10.2. The Labute approximate surface area is 190 Å². The van der Waals surface area contributed by atoms with Gasteiger partial charge in [-0.25, -0.2) is 8.42 Å². The zero-order valence-corrected chi connectivity index (χ0v) is 18.9. The van der Waals surface area contributed by atoms with Crippen molar-refractivity contribution >= 4 is 45.0 Å². The van der Waals surface area contributed by atoms with Crippen molar-refractivity contribution in [2.24, 2.45) is 0 Å². The van der Waals surface area contributed by atoms with Crippen LogP contribution >= 0.6 is 11.8 Å². The van der Waals surface area contributed by atoms with E-state index in [2.05, 4.69) is 5.32 Å². The maximum Gasteiger partial charge on any atom is 0.289 e. The van der Waals surface area contributed by atoms with Crippen molar-refractivity contribution < 1.29 is 27.2 Å². The number of sulfone groups is 1. The third-order valence-corrected chi connectivity index (χ3v) is 8.20. The molecule has 1 N–H and O–H groups in total. The van der Waals surface area contributed by atoms with Gasteiger partial charge in [-0.3, -0.25) is 14.4 Å². The predicted molar refractivity (Wildman–Crippen MR) is 118 cm³/mol. The Hall–Kier alpha value is -2.79. The summed E-state index contributed by atoms with van der Waals surface area (Å²) in [5, 5.41) is 2.74. The number of carbonyl (C=O) groups is 3. The van der Waals surface area contributed by atoms with Crippen LogP contribution in [0.25, 0.3) is 0 Å². The second-order valence-electron chi connectivity index (χ2n) is 7.52. The third kappa shape index (κ3) is 4.99. The number of hydrogen-bond donors (Lipinski definition) is 1. The molecule has 3 amide bonds. The topological polar surface area (TPSA) is 117 Å². The first-order chi connectivity index (χ1) is 15.3. The lowest BCUT2D eigenvalue weighted by molar-refractivity contribution is -0.132. The van der Waals surface area contributed by atoms with Gasteiger partial charge in [-0.2, -0.15) is 0 Å². The number of benzene rings is 1. The van der Waals surface area contributed by atoms with Crippen LogP contribution in [0.4, 0.5) is 5.69 Å². The zero-order chi connectivity index (χ0) is 22.7. The molecule has 0 unspecified atom stereocenters. The van der Waals surface area contributed by atoms with E-state index in [1.807, 2.05) is 0 Å². The first-order valence-electron chi connectivity index (χ1n) is 10.2. The number of piperazine rings is 1. The summed E-state index contributed by atoms with van der Waals surface area (Å²) in [6, 6.07) is 7.91. The van der Waals surface area contributed by atoms with Gasteiger partial charge in [0.15, 0.2) is 15.6 Å². The quantitative estimate of drug-likeness (QED) is 0.699. The highest BCUT2D eigenvalue weighted by atomic mass is 32.2. The van der Waals surface area contributed by atoms with Gasteiger partial charge in [-0.1, -0.05) is 0 Å². The fourth-order valence-electron chi connectivity index (χ4n) is 3.61. The van der Waals surface area contributed by atoms with Crippen LogP contribution in [-0.4, -0.2) is 73.6 Å². The highest BCUT2D eigenvalue weighted by Gasteiger charge is 2.27. The van der Waals surface area contributed by atoms with Gasteiger partial charge in [0, 0.05) is 49.7 Å². The molecule has 0 spiro atoms. The average molecular weight is 478 g/mol. The molecule has 2 aromatic rings. The largest absolute Gasteiger partial charge is 0.459 e. The van der Waals surface area contributed by atoms with Crippen LogP contribution < -0.4 is 5.32 Å². The summed E-state index contributed by atoms with van der Waals surface area (Å²) in [5.74, 6) is -0.0656. The first kappa shape index (κ1) is 22.4. The molecule has 2 aliphatic rings. The van der Waals surface area contributed by atoms with E-state index < -0.39 is 9.84 Å². The molecule has 0 aliphatic carbocycles. The standard InChI is InChI=1S/C21H23N3O6S2/c25-19-5-12-31-18-4-3-15(14-16(18)22-19)32(28,29)13-6-20(26)23-7-9-24(10-8-23)21(27)17-2-1-11-30-17/h1-4,11,14H,5-10,12-13H2,(H,22,25). The molecule has 1 fully saturated rings. The summed E-state index contributed by atoms with van der Waals surface area (Å²) in [4.78, 5) is 40.8. The third-order valence-electron chi connectivity index (χ3n) is 5.41. The fraction of sp³-hybridized carbons (Fsp3) is 0.381. The normalized spacial score (nSPS) is 16.8. The number of fused-ring (bicyclic) bond motifs is 1. The van der Waals surface area contributed by atoms with Crippen LogP contribution in [0.3, 0.4) is 0 Å². The minimum Gasteiger partial charge on any atom is -0.459 e. The molecule has 1 saturated heterocycles. The van der Waals surface area contributed by atoms with Crippen molar-refractivity contribution in [2.45, 2.75) is 22.6 Å². The number of nitrogens with zero attached hydrogens (tertiary/aromatic N) is 2. The number of amides is 3. The number of anilines is 1. The summed E-state index contributed by atoms with van der Waals surface area (Å²) in [7, 11) is -3.70. The van der Waals surface area contributed by atoms with Crippen LogP contribution in [0.15, 0.2) is 50.8 Å². The molecule has 2 aliphatic heterocycles. The number of thioether (sulfide) groups is 1. The smallest absolute Gasteiger partial charge is 0.289 e. The lowest BCUT2D eigenvalue weighted by Gasteiger charge is -2.34. The van der Waals surface area contributed by atoms with E-state index in [1.54, 1.807) is 28.0 Å². The van der Waals surface area contributed by atoms with Gasteiger partial charge in [0.25, 0.3) is 5.91 Å². The molecule has 170 valence electrons. The van der Waals surface area contributed by atoms with Crippen molar-refractivity contribution in [2.75, 3.05) is 43.0 Å². The summed E-state index contributed by atoms with van der Waals surface area (Å²) in [6.45, 7) is 1.40. The molecular formula is C21H23N3O6S2. The van der Waals surface area contributed by atoms with Crippen LogP contribution in [0.1, 0.15) is 23.4 Å². The Morgan fingerprint density at radius 2 is 1.84 bits per heavy atom. The minimum atomic E-state index is -3.70. The van der Waals surface area contributed by atoms with Crippen LogP contribution in [-0.2, 0) is 19.4 Å². The SMILES string of the molecule is O=C1CCSc2ccc(S(=O)(=O)CCC(=O)N3CCN(C(=O)c4ccco4)CC3)cc2N1. The van der Waals surface area contributed by atoms with Crippen molar-refractivity contribution in [1.82, 2.24) is 9.80 Å². The molecule has 11 heteroatoms. The number of carbonyl (C=O) groups excluding carboxylic acids is 3. The Kier molecular flexibility index (Phi) is 6.56. The minimum absolute atomic E-state index is 0.0840. The van der Waals surface area contributed by atoms with Gasteiger partial charge in [-0.15, -0.1) is 11.8 Å². The Bertz CT molecular complexity index is 1120. The molecule has 1 aromatic heterocycles. The lowest BCUT2D eigenvalue weighted by Crippen LogP contribution is -2.50. The maximum atomic E-state index is 12.8. The molecule has 0 radical (unpaired) electrons. The molecule has 4 rings (SSSR count). The summed E-state index contributed by atoms with van der Waals surface area (Å²) < 4.78 is 30.7. The van der Waals surface area contributed by atoms with Gasteiger partial charge in [0.1, 0.15) is 0 Å². The highest BCUT2D eigenvalue weighted by Crippen LogP contribution is 2.33. The molecular weight excluding hydrogens is 454 g/mol. The van der Waals surface area contributed by atoms with Crippen LogP contribution in [0.2, 0.25) is 0 Å².